The fraction of sp³-hybridized carbons (Fsp3) is 1.00. The van der Waals surface area contributed by atoms with E-state index in [0.717, 1.165) is 17.9 Å². The van der Waals surface area contributed by atoms with E-state index in [1.807, 2.05) is 0 Å². The average molecular weight is 153 g/mol. The summed E-state index contributed by atoms with van der Waals surface area (Å²) in [5.41, 5.74) is 0. The molecule has 0 radical (unpaired) electrons. The van der Waals surface area contributed by atoms with Crippen molar-refractivity contribution in [3.63, 3.8) is 0 Å². The van der Waals surface area contributed by atoms with Crippen molar-refractivity contribution in [3.05, 3.63) is 0 Å². The van der Waals surface area contributed by atoms with Gasteiger partial charge in [-0.15, -0.1) is 0 Å². The van der Waals surface area contributed by atoms with Gasteiger partial charge in [0, 0.05) is 6.04 Å². The van der Waals surface area contributed by atoms with Crippen LogP contribution in [0.25, 0.3) is 0 Å². The predicted molar refractivity (Wildman–Crippen MR) is 47.5 cm³/mol. The van der Waals surface area contributed by atoms with E-state index in [0.29, 0.717) is 0 Å². The van der Waals surface area contributed by atoms with Crippen LogP contribution in [-0.2, 0) is 0 Å². The van der Waals surface area contributed by atoms with Gasteiger partial charge < -0.3 is 5.32 Å². The van der Waals surface area contributed by atoms with Crippen molar-refractivity contribution in [2.75, 3.05) is 6.54 Å². The average Bonchev–Trinajstić information content (AvgIpc) is 2.72. The van der Waals surface area contributed by atoms with Gasteiger partial charge in [-0.05, 0) is 50.5 Å². The SMILES string of the molecule is C[C@H]1CC[C@H](NCC2CC2)C1. The molecule has 2 atom stereocenters. The molecule has 0 spiro atoms. The number of nitrogens with one attached hydrogen (secondary N) is 1. The Bertz CT molecular complexity index is 129. The molecule has 2 saturated carbocycles. The second kappa shape index (κ2) is 3.14. The van der Waals surface area contributed by atoms with E-state index in [1.54, 1.807) is 0 Å². The molecule has 0 heterocycles. The molecule has 0 saturated heterocycles. The van der Waals surface area contributed by atoms with E-state index in [4.69, 9.17) is 0 Å². The molecular formula is C10H19N. The smallest absolute Gasteiger partial charge is 0.00698 e. The minimum absolute atomic E-state index is 0.866. The first-order chi connectivity index (χ1) is 5.34. The van der Waals surface area contributed by atoms with Gasteiger partial charge in [0.15, 0.2) is 0 Å². The summed E-state index contributed by atoms with van der Waals surface area (Å²) < 4.78 is 0. The summed E-state index contributed by atoms with van der Waals surface area (Å²) in [5.74, 6) is 2.03. The van der Waals surface area contributed by atoms with Crippen molar-refractivity contribution in [2.24, 2.45) is 11.8 Å². The molecule has 1 heteroatoms. The topological polar surface area (TPSA) is 12.0 Å². The highest BCUT2D eigenvalue weighted by atomic mass is 14.9. The summed E-state index contributed by atoms with van der Waals surface area (Å²) in [7, 11) is 0. The first-order valence-electron chi connectivity index (χ1n) is 5.08. The summed E-state index contributed by atoms with van der Waals surface area (Å²) in [5, 5.41) is 3.67. The van der Waals surface area contributed by atoms with Crippen molar-refractivity contribution < 1.29 is 0 Å². The van der Waals surface area contributed by atoms with E-state index in [2.05, 4.69) is 12.2 Å². The van der Waals surface area contributed by atoms with Gasteiger partial charge in [-0.25, -0.2) is 0 Å². The molecule has 2 fully saturated rings. The molecule has 0 aromatic rings. The number of hydrogen-bond donors (Lipinski definition) is 1. The Labute approximate surface area is 69.6 Å². The monoisotopic (exact) mass is 153 g/mol. The summed E-state index contributed by atoms with van der Waals surface area (Å²) in [4.78, 5) is 0. The second-order valence-electron chi connectivity index (χ2n) is 4.47. The van der Waals surface area contributed by atoms with Crippen molar-refractivity contribution in [3.8, 4) is 0 Å². The lowest BCUT2D eigenvalue weighted by molar-refractivity contribution is 0.490. The van der Waals surface area contributed by atoms with E-state index in [-0.39, 0.29) is 0 Å². The molecule has 0 aromatic carbocycles. The fourth-order valence-corrected chi connectivity index (χ4v) is 2.05. The first-order valence-corrected chi connectivity index (χ1v) is 5.08. The molecule has 2 aliphatic carbocycles. The molecule has 1 nitrogen and oxygen atoms in total. The van der Waals surface area contributed by atoms with Crippen LogP contribution in [-0.4, -0.2) is 12.6 Å². The third-order valence-corrected chi connectivity index (χ3v) is 3.09. The molecule has 0 unspecified atom stereocenters. The van der Waals surface area contributed by atoms with Gasteiger partial charge in [0.1, 0.15) is 0 Å². The molecule has 0 aliphatic heterocycles. The van der Waals surface area contributed by atoms with Gasteiger partial charge >= 0.3 is 0 Å². The maximum absolute atomic E-state index is 3.67. The lowest BCUT2D eigenvalue weighted by atomic mass is 10.1. The van der Waals surface area contributed by atoms with Gasteiger partial charge in [-0.2, -0.15) is 0 Å². The molecule has 0 bridgehead atoms. The van der Waals surface area contributed by atoms with Crippen LogP contribution < -0.4 is 5.32 Å². The van der Waals surface area contributed by atoms with Crippen LogP contribution in [0.5, 0.6) is 0 Å². The highest BCUT2D eigenvalue weighted by Gasteiger charge is 2.25. The predicted octanol–water partition coefficient (Wildman–Crippen LogP) is 2.17. The van der Waals surface area contributed by atoms with Crippen LogP contribution in [0, 0.1) is 11.8 Å². The largest absolute Gasteiger partial charge is 0.314 e. The maximum Gasteiger partial charge on any atom is 0.00698 e. The molecule has 64 valence electrons. The quantitative estimate of drug-likeness (QED) is 0.655. The highest BCUT2D eigenvalue weighted by Crippen LogP contribution is 2.29. The summed E-state index contributed by atoms with van der Waals surface area (Å²) >= 11 is 0. The van der Waals surface area contributed by atoms with Crippen molar-refractivity contribution in [1.82, 2.24) is 5.32 Å². The maximum atomic E-state index is 3.67. The summed E-state index contributed by atoms with van der Waals surface area (Å²) in [6, 6.07) is 0.866. The Kier molecular flexibility index (Phi) is 2.17. The van der Waals surface area contributed by atoms with Crippen molar-refractivity contribution in [2.45, 2.75) is 45.1 Å². The van der Waals surface area contributed by atoms with Gasteiger partial charge in [0.2, 0.25) is 0 Å². The van der Waals surface area contributed by atoms with Crippen LogP contribution in [0.2, 0.25) is 0 Å². The molecular weight excluding hydrogens is 134 g/mol. The van der Waals surface area contributed by atoms with Gasteiger partial charge in [0.05, 0.1) is 0 Å². The van der Waals surface area contributed by atoms with E-state index in [1.165, 1.54) is 38.6 Å². The normalized spacial score (nSPS) is 37.9. The van der Waals surface area contributed by atoms with Crippen molar-refractivity contribution in [1.29, 1.82) is 0 Å². The van der Waals surface area contributed by atoms with Crippen LogP contribution in [0.1, 0.15) is 39.0 Å². The fourth-order valence-electron chi connectivity index (χ4n) is 2.05. The molecule has 0 amide bonds. The Morgan fingerprint density at radius 3 is 2.55 bits per heavy atom. The van der Waals surface area contributed by atoms with Gasteiger partial charge in [0.25, 0.3) is 0 Å². The van der Waals surface area contributed by atoms with E-state index < -0.39 is 0 Å². The molecule has 2 aliphatic rings. The minimum atomic E-state index is 0.866. The second-order valence-corrected chi connectivity index (χ2v) is 4.47. The van der Waals surface area contributed by atoms with Gasteiger partial charge in [-0.3, -0.25) is 0 Å². The molecule has 2 rings (SSSR count). The Morgan fingerprint density at radius 2 is 2.00 bits per heavy atom. The van der Waals surface area contributed by atoms with Crippen LogP contribution in [0.15, 0.2) is 0 Å². The highest BCUT2D eigenvalue weighted by molar-refractivity contribution is 4.82. The zero-order valence-corrected chi connectivity index (χ0v) is 7.47. The standard InChI is InChI=1S/C10H19N/c1-8-2-5-10(6-8)11-7-9-3-4-9/h8-11H,2-7H2,1H3/t8-,10-/m0/s1. The van der Waals surface area contributed by atoms with E-state index in [9.17, 15) is 0 Å². The van der Waals surface area contributed by atoms with Crippen LogP contribution >= 0.6 is 0 Å². The zero-order chi connectivity index (χ0) is 7.68. The van der Waals surface area contributed by atoms with Crippen LogP contribution in [0.4, 0.5) is 0 Å². The minimum Gasteiger partial charge on any atom is -0.314 e. The van der Waals surface area contributed by atoms with Gasteiger partial charge in [-0.1, -0.05) is 6.92 Å². The Morgan fingerprint density at radius 1 is 1.18 bits per heavy atom. The van der Waals surface area contributed by atoms with Crippen molar-refractivity contribution >= 4 is 0 Å². The number of hydrogen-bond acceptors (Lipinski definition) is 1. The Balaban J connectivity index is 1.62. The summed E-state index contributed by atoms with van der Waals surface area (Å²) in [6.45, 7) is 3.68. The molecule has 0 aromatic heterocycles. The zero-order valence-electron chi connectivity index (χ0n) is 7.47. The number of rotatable bonds is 3. The van der Waals surface area contributed by atoms with E-state index >= 15 is 0 Å². The molecule has 1 N–H and O–H groups in total. The van der Waals surface area contributed by atoms with Crippen LogP contribution in [0.3, 0.4) is 0 Å². The summed E-state index contributed by atoms with van der Waals surface area (Å²) in [6.07, 6.45) is 7.26. The third-order valence-electron chi connectivity index (χ3n) is 3.09. The third kappa shape index (κ3) is 2.19. The lowest BCUT2D eigenvalue weighted by Crippen LogP contribution is -2.28. The Hall–Kier alpha value is -0.0400. The first kappa shape index (κ1) is 7.60. The molecule has 11 heavy (non-hydrogen) atoms. The lowest BCUT2D eigenvalue weighted by Gasteiger charge is -2.10.